The monoisotopic (exact) mass is 307 g/mol. The zero-order valence-electron chi connectivity index (χ0n) is 14.0. The number of unbranched alkanes of at least 4 members (excludes halogenated alkanes) is 2. The number of nitrogen functional groups attached to an aromatic ring is 1. The van der Waals surface area contributed by atoms with Gasteiger partial charge < -0.3 is 15.8 Å². The van der Waals surface area contributed by atoms with Crippen LogP contribution in [-0.4, -0.2) is 37.6 Å². The van der Waals surface area contributed by atoms with E-state index in [0.29, 0.717) is 23.7 Å². The van der Waals surface area contributed by atoms with Gasteiger partial charge in [0.1, 0.15) is 5.75 Å². The van der Waals surface area contributed by atoms with Crippen LogP contribution >= 0.6 is 0 Å². The van der Waals surface area contributed by atoms with Crippen molar-refractivity contribution < 1.29 is 9.53 Å². The van der Waals surface area contributed by atoms with Crippen LogP contribution < -0.4 is 15.8 Å². The number of ether oxygens (including phenoxy) is 1. The molecule has 1 aromatic carbocycles. The lowest BCUT2D eigenvalue weighted by Gasteiger charge is -2.21. The Morgan fingerprint density at radius 2 is 1.86 bits per heavy atom. The molecule has 0 unspecified atom stereocenters. The van der Waals surface area contributed by atoms with Crippen molar-refractivity contribution in [3.05, 3.63) is 18.2 Å². The molecule has 0 aliphatic heterocycles. The van der Waals surface area contributed by atoms with Crippen molar-refractivity contribution in [1.82, 2.24) is 4.90 Å². The number of nitrogens with one attached hydrogen (secondary N) is 1. The van der Waals surface area contributed by atoms with Gasteiger partial charge in [-0.25, -0.2) is 0 Å². The largest absolute Gasteiger partial charge is 0.494 e. The normalized spacial score (nSPS) is 10.7. The third-order valence-corrected chi connectivity index (χ3v) is 3.52. The van der Waals surface area contributed by atoms with Crippen LogP contribution in [-0.2, 0) is 4.79 Å². The van der Waals surface area contributed by atoms with Crippen molar-refractivity contribution >= 4 is 17.3 Å². The van der Waals surface area contributed by atoms with E-state index in [0.717, 1.165) is 38.8 Å². The second-order valence-corrected chi connectivity index (χ2v) is 5.49. The smallest absolute Gasteiger partial charge is 0.238 e. The Hall–Kier alpha value is -1.75. The summed E-state index contributed by atoms with van der Waals surface area (Å²) < 4.78 is 5.25. The number of nitrogens with two attached hydrogens (primary N) is 1. The molecule has 1 amide bonds. The summed E-state index contributed by atoms with van der Waals surface area (Å²) in [6.45, 7) is 6.66. The van der Waals surface area contributed by atoms with Gasteiger partial charge in [0.25, 0.3) is 0 Å². The maximum atomic E-state index is 12.3. The zero-order valence-corrected chi connectivity index (χ0v) is 14.0. The van der Waals surface area contributed by atoms with Crippen LogP contribution in [0.1, 0.15) is 39.5 Å². The molecule has 3 N–H and O–H groups in total. The highest BCUT2D eigenvalue weighted by molar-refractivity contribution is 5.94. The first-order valence-electron chi connectivity index (χ1n) is 8.06. The summed E-state index contributed by atoms with van der Waals surface area (Å²) in [7, 11) is 1.57. The maximum Gasteiger partial charge on any atom is 0.238 e. The third-order valence-electron chi connectivity index (χ3n) is 3.52. The molecule has 0 aliphatic rings. The fourth-order valence-electron chi connectivity index (χ4n) is 2.24. The molecule has 0 saturated carbocycles. The Morgan fingerprint density at radius 3 is 2.41 bits per heavy atom. The highest BCUT2D eigenvalue weighted by Gasteiger charge is 2.12. The standard InChI is InChI=1S/C17H29N3O2/c1-4-6-10-20(11-7-5-2)13-17(21)19-15-9-8-14(18)12-16(15)22-3/h8-9,12H,4-7,10-11,13,18H2,1-3H3,(H,19,21). The summed E-state index contributed by atoms with van der Waals surface area (Å²) in [5.74, 6) is 0.567. The van der Waals surface area contributed by atoms with Crippen LogP contribution in [0.15, 0.2) is 18.2 Å². The Balaban J connectivity index is 2.62. The van der Waals surface area contributed by atoms with E-state index < -0.39 is 0 Å². The van der Waals surface area contributed by atoms with E-state index in [4.69, 9.17) is 10.5 Å². The van der Waals surface area contributed by atoms with Crippen molar-refractivity contribution in [1.29, 1.82) is 0 Å². The number of nitrogens with zero attached hydrogens (tertiary/aromatic N) is 1. The van der Waals surface area contributed by atoms with Crippen molar-refractivity contribution in [3.63, 3.8) is 0 Å². The van der Waals surface area contributed by atoms with E-state index in [1.807, 2.05) is 0 Å². The summed E-state index contributed by atoms with van der Waals surface area (Å²) in [6, 6.07) is 5.24. The minimum absolute atomic E-state index is 0.0183. The molecule has 0 radical (unpaired) electrons. The van der Waals surface area contributed by atoms with Gasteiger partial charge in [-0.05, 0) is 38.1 Å². The molecule has 22 heavy (non-hydrogen) atoms. The molecule has 0 aliphatic carbocycles. The van der Waals surface area contributed by atoms with E-state index in [1.165, 1.54) is 0 Å². The van der Waals surface area contributed by atoms with Gasteiger partial charge in [-0.3, -0.25) is 9.69 Å². The maximum absolute atomic E-state index is 12.3. The van der Waals surface area contributed by atoms with Gasteiger partial charge in [-0.1, -0.05) is 26.7 Å². The zero-order chi connectivity index (χ0) is 16.4. The quantitative estimate of drug-likeness (QED) is 0.652. The Kier molecular flexibility index (Phi) is 8.36. The number of hydrogen-bond acceptors (Lipinski definition) is 4. The summed E-state index contributed by atoms with van der Waals surface area (Å²) in [5, 5.41) is 2.91. The molecule has 1 aromatic rings. The topological polar surface area (TPSA) is 67.6 Å². The number of carbonyl (C=O) groups is 1. The second-order valence-electron chi connectivity index (χ2n) is 5.49. The average molecular weight is 307 g/mol. The molecule has 0 bridgehead atoms. The lowest BCUT2D eigenvalue weighted by atomic mass is 10.2. The van der Waals surface area contributed by atoms with Gasteiger partial charge in [-0.2, -0.15) is 0 Å². The molecule has 0 spiro atoms. The molecule has 124 valence electrons. The SMILES string of the molecule is CCCCN(CCCC)CC(=O)Nc1ccc(N)cc1OC. The number of rotatable bonds is 10. The minimum atomic E-state index is -0.0183. The number of amides is 1. The molecule has 0 atom stereocenters. The number of hydrogen-bond donors (Lipinski definition) is 2. The van der Waals surface area contributed by atoms with Gasteiger partial charge in [0.2, 0.25) is 5.91 Å². The second kappa shape index (κ2) is 10.1. The summed E-state index contributed by atoms with van der Waals surface area (Å²) in [4.78, 5) is 14.5. The van der Waals surface area contributed by atoms with Gasteiger partial charge in [-0.15, -0.1) is 0 Å². The van der Waals surface area contributed by atoms with Gasteiger partial charge in [0.15, 0.2) is 0 Å². The molecule has 5 heteroatoms. The van der Waals surface area contributed by atoms with E-state index in [9.17, 15) is 4.79 Å². The first-order chi connectivity index (χ1) is 10.6. The molecular weight excluding hydrogens is 278 g/mol. The highest BCUT2D eigenvalue weighted by atomic mass is 16.5. The molecule has 0 fully saturated rings. The molecule has 5 nitrogen and oxygen atoms in total. The van der Waals surface area contributed by atoms with Crippen LogP contribution in [0, 0.1) is 0 Å². The summed E-state index contributed by atoms with van der Waals surface area (Å²) in [6.07, 6.45) is 4.50. The van der Waals surface area contributed by atoms with Crippen LogP contribution in [0.5, 0.6) is 5.75 Å². The Bertz CT molecular complexity index is 455. The number of carbonyl (C=O) groups excluding carboxylic acids is 1. The van der Waals surface area contributed by atoms with E-state index >= 15 is 0 Å². The number of methoxy groups -OCH3 is 1. The number of anilines is 2. The summed E-state index contributed by atoms with van der Waals surface area (Å²) >= 11 is 0. The molecule has 0 aromatic heterocycles. The van der Waals surface area contributed by atoms with Crippen molar-refractivity contribution in [3.8, 4) is 5.75 Å². The van der Waals surface area contributed by atoms with Gasteiger partial charge in [0.05, 0.1) is 19.3 Å². The van der Waals surface area contributed by atoms with Crippen LogP contribution in [0.3, 0.4) is 0 Å². The van der Waals surface area contributed by atoms with Crippen LogP contribution in [0.4, 0.5) is 11.4 Å². The molecule has 0 heterocycles. The Labute approximate surface area is 133 Å². The minimum Gasteiger partial charge on any atom is -0.494 e. The van der Waals surface area contributed by atoms with E-state index in [2.05, 4.69) is 24.1 Å². The predicted molar refractivity (Wildman–Crippen MR) is 92.3 cm³/mol. The molecule has 0 saturated heterocycles. The lowest BCUT2D eigenvalue weighted by Crippen LogP contribution is -2.34. The van der Waals surface area contributed by atoms with E-state index in [1.54, 1.807) is 25.3 Å². The lowest BCUT2D eigenvalue weighted by molar-refractivity contribution is -0.117. The first kappa shape index (κ1) is 18.3. The van der Waals surface area contributed by atoms with Crippen LogP contribution in [0.25, 0.3) is 0 Å². The first-order valence-corrected chi connectivity index (χ1v) is 8.06. The number of benzene rings is 1. The van der Waals surface area contributed by atoms with E-state index in [-0.39, 0.29) is 5.91 Å². The molecular formula is C17H29N3O2. The van der Waals surface area contributed by atoms with Crippen LogP contribution in [0.2, 0.25) is 0 Å². The van der Waals surface area contributed by atoms with Crippen molar-refractivity contribution in [2.24, 2.45) is 0 Å². The predicted octanol–water partition coefficient (Wildman–Crippen LogP) is 3.12. The summed E-state index contributed by atoms with van der Waals surface area (Å²) in [5.41, 5.74) is 7.00. The fraction of sp³-hybridized carbons (Fsp3) is 0.588. The third kappa shape index (κ3) is 6.35. The van der Waals surface area contributed by atoms with Gasteiger partial charge >= 0.3 is 0 Å². The fourth-order valence-corrected chi connectivity index (χ4v) is 2.24. The highest BCUT2D eigenvalue weighted by Crippen LogP contribution is 2.26. The van der Waals surface area contributed by atoms with Crippen molar-refractivity contribution in [2.45, 2.75) is 39.5 Å². The Morgan fingerprint density at radius 1 is 1.23 bits per heavy atom. The molecule has 1 rings (SSSR count). The van der Waals surface area contributed by atoms with Gasteiger partial charge in [0, 0.05) is 11.8 Å². The average Bonchev–Trinajstić information content (AvgIpc) is 2.51. The van der Waals surface area contributed by atoms with Crippen molar-refractivity contribution in [2.75, 3.05) is 37.8 Å².